The number of anilines is 1. The molecule has 0 saturated carbocycles. The quantitative estimate of drug-likeness (QED) is 0.779. The van der Waals surface area contributed by atoms with Crippen molar-refractivity contribution in [1.82, 2.24) is 9.97 Å². The summed E-state index contributed by atoms with van der Waals surface area (Å²) in [7, 11) is 1.52. The lowest BCUT2D eigenvalue weighted by molar-refractivity contribution is -0.137. The number of hydrogen-bond donors (Lipinski definition) is 2. The zero-order chi connectivity index (χ0) is 12.1. The molecule has 6 nitrogen and oxygen atoms in total. The zero-order valence-electron chi connectivity index (χ0n) is 9.52. The molecule has 0 aliphatic carbocycles. The van der Waals surface area contributed by atoms with Crippen molar-refractivity contribution in [3.8, 4) is 5.88 Å². The minimum atomic E-state index is -0.861. The van der Waals surface area contributed by atoms with Crippen LogP contribution in [0.3, 0.4) is 0 Å². The molecule has 1 aromatic heterocycles. The van der Waals surface area contributed by atoms with E-state index in [0.717, 1.165) is 5.69 Å². The Morgan fingerprint density at radius 1 is 1.62 bits per heavy atom. The molecule has 0 aliphatic rings. The highest BCUT2D eigenvalue weighted by Crippen LogP contribution is 2.12. The largest absolute Gasteiger partial charge is 0.481 e. The molecule has 16 heavy (non-hydrogen) atoms. The Balaban J connectivity index is 2.72. The monoisotopic (exact) mass is 225 g/mol. The van der Waals surface area contributed by atoms with Crippen LogP contribution in [0, 0.1) is 6.92 Å². The standard InChI is InChI=1S/C10H15N3O3/c1-6-4-8(16-3)13-10(11-6)12-7(2)5-9(14)15/h4,7H,5H2,1-3H3,(H,14,15)(H,11,12,13). The molecule has 0 saturated heterocycles. The molecular formula is C10H15N3O3. The van der Waals surface area contributed by atoms with Crippen LogP contribution in [-0.4, -0.2) is 34.2 Å². The van der Waals surface area contributed by atoms with Gasteiger partial charge in [0.25, 0.3) is 0 Å². The first-order chi connectivity index (χ1) is 7.51. The molecule has 1 heterocycles. The van der Waals surface area contributed by atoms with E-state index in [9.17, 15) is 4.79 Å². The van der Waals surface area contributed by atoms with Crippen molar-refractivity contribution in [2.75, 3.05) is 12.4 Å². The van der Waals surface area contributed by atoms with E-state index < -0.39 is 5.97 Å². The molecule has 0 bridgehead atoms. The van der Waals surface area contributed by atoms with Crippen LogP contribution in [0.2, 0.25) is 0 Å². The molecule has 0 aliphatic heterocycles. The molecule has 2 N–H and O–H groups in total. The van der Waals surface area contributed by atoms with Gasteiger partial charge in [0.15, 0.2) is 0 Å². The van der Waals surface area contributed by atoms with Gasteiger partial charge in [0.1, 0.15) is 0 Å². The normalized spacial score (nSPS) is 11.9. The van der Waals surface area contributed by atoms with Crippen molar-refractivity contribution in [2.45, 2.75) is 26.3 Å². The minimum Gasteiger partial charge on any atom is -0.481 e. The van der Waals surface area contributed by atoms with Crippen LogP contribution < -0.4 is 10.1 Å². The molecule has 0 amide bonds. The summed E-state index contributed by atoms with van der Waals surface area (Å²) >= 11 is 0. The van der Waals surface area contributed by atoms with Gasteiger partial charge < -0.3 is 15.2 Å². The van der Waals surface area contributed by atoms with Crippen molar-refractivity contribution in [3.05, 3.63) is 11.8 Å². The van der Waals surface area contributed by atoms with Crippen LogP contribution in [-0.2, 0) is 4.79 Å². The van der Waals surface area contributed by atoms with Crippen molar-refractivity contribution in [2.24, 2.45) is 0 Å². The average Bonchev–Trinajstić information content (AvgIpc) is 2.14. The molecule has 1 rings (SSSR count). The number of rotatable bonds is 5. The van der Waals surface area contributed by atoms with E-state index in [1.165, 1.54) is 7.11 Å². The lowest BCUT2D eigenvalue weighted by Gasteiger charge is -2.12. The molecule has 0 spiro atoms. The summed E-state index contributed by atoms with van der Waals surface area (Å²) in [6.45, 7) is 3.57. The fourth-order valence-corrected chi connectivity index (χ4v) is 1.24. The van der Waals surface area contributed by atoms with Crippen molar-refractivity contribution < 1.29 is 14.6 Å². The van der Waals surface area contributed by atoms with E-state index in [2.05, 4.69) is 15.3 Å². The Hall–Kier alpha value is -1.85. The second-order valence-corrected chi connectivity index (χ2v) is 3.52. The third kappa shape index (κ3) is 3.72. The third-order valence-electron chi connectivity index (χ3n) is 1.90. The fraction of sp³-hybridized carbons (Fsp3) is 0.500. The van der Waals surface area contributed by atoms with E-state index in [1.54, 1.807) is 13.0 Å². The van der Waals surface area contributed by atoms with Gasteiger partial charge in [-0.25, -0.2) is 4.98 Å². The number of ether oxygens (including phenoxy) is 1. The lowest BCUT2D eigenvalue weighted by Crippen LogP contribution is -2.21. The maximum absolute atomic E-state index is 10.5. The van der Waals surface area contributed by atoms with Gasteiger partial charge in [-0.15, -0.1) is 0 Å². The summed E-state index contributed by atoms with van der Waals surface area (Å²) in [5, 5.41) is 11.5. The SMILES string of the molecule is COc1cc(C)nc(NC(C)CC(=O)O)n1. The summed E-state index contributed by atoms with van der Waals surface area (Å²) in [5.41, 5.74) is 0.761. The molecule has 1 unspecified atom stereocenters. The third-order valence-corrected chi connectivity index (χ3v) is 1.90. The Bertz CT molecular complexity index is 382. The smallest absolute Gasteiger partial charge is 0.305 e. The van der Waals surface area contributed by atoms with Crippen molar-refractivity contribution in [3.63, 3.8) is 0 Å². The second kappa shape index (κ2) is 5.29. The topological polar surface area (TPSA) is 84.3 Å². The van der Waals surface area contributed by atoms with E-state index in [0.29, 0.717) is 11.8 Å². The van der Waals surface area contributed by atoms with Gasteiger partial charge in [-0.3, -0.25) is 4.79 Å². The molecule has 6 heteroatoms. The summed E-state index contributed by atoms with van der Waals surface area (Å²) in [6.07, 6.45) is 0.0135. The van der Waals surface area contributed by atoms with Gasteiger partial charge in [0, 0.05) is 17.8 Å². The number of carbonyl (C=O) groups is 1. The van der Waals surface area contributed by atoms with Gasteiger partial charge in [-0.2, -0.15) is 4.98 Å². The van der Waals surface area contributed by atoms with Crippen molar-refractivity contribution >= 4 is 11.9 Å². The maximum Gasteiger partial charge on any atom is 0.305 e. The van der Waals surface area contributed by atoms with E-state index in [4.69, 9.17) is 9.84 Å². The minimum absolute atomic E-state index is 0.0135. The molecular weight excluding hydrogens is 210 g/mol. The predicted molar refractivity (Wildman–Crippen MR) is 58.7 cm³/mol. The maximum atomic E-state index is 10.5. The van der Waals surface area contributed by atoms with E-state index in [-0.39, 0.29) is 12.5 Å². The molecule has 88 valence electrons. The van der Waals surface area contributed by atoms with Gasteiger partial charge in [0.05, 0.1) is 13.5 Å². The number of carboxylic acid groups (broad SMARTS) is 1. The number of nitrogens with one attached hydrogen (secondary N) is 1. The van der Waals surface area contributed by atoms with E-state index >= 15 is 0 Å². The Labute approximate surface area is 93.7 Å². The molecule has 0 radical (unpaired) electrons. The van der Waals surface area contributed by atoms with Crippen LogP contribution in [0.4, 0.5) is 5.95 Å². The summed E-state index contributed by atoms with van der Waals surface area (Å²) < 4.78 is 4.99. The van der Waals surface area contributed by atoms with E-state index in [1.807, 2.05) is 6.92 Å². The van der Waals surface area contributed by atoms with Crippen LogP contribution in [0.5, 0.6) is 5.88 Å². The number of hydrogen-bond acceptors (Lipinski definition) is 5. The second-order valence-electron chi connectivity index (χ2n) is 3.52. The number of nitrogens with zero attached hydrogens (tertiary/aromatic N) is 2. The first-order valence-corrected chi connectivity index (χ1v) is 4.89. The molecule has 1 aromatic rings. The Morgan fingerprint density at radius 3 is 2.88 bits per heavy atom. The first-order valence-electron chi connectivity index (χ1n) is 4.89. The summed E-state index contributed by atoms with van der Waals surface area (Å²) in [5.74, 6) is -0.0252. The lowest BCUT2D eigenvalue weighted by atomic mass is 10.2. The van der Waals surface area contributed by atoms with Crippen molar-refractivity contribution in [1.29, 1.82) is 0 Å². The average molecular weight is 225 g/mol. The molecule has 0 aromatic carbocycles. The highest BCUT2D eigenvalue weighted by Gasteiger charge is 2.09. The van der Waals surface area contributed by atoms with Gasteiger partial charge in [-0.05, 0) is 13.8 Å². The van der Waals surface area contributed by atoms with Gasteiger partial charge in [0.2, 0.25) is 11.8 Å². The van der Waals surface area contributed by atoms with Crippen LogP contribution in [0.15, 0.2) is 6.07 Å². The Morgan fingerprint density at radius 2 is 2.31 bits per heavy atom. The highest BCUT2D eigenvalue weighted by atomic mass is 16.5. The zero-order valence-corrected chi connectivity index (χ0v) is 9.52. The van der Waals surface area contributed by atoms with Gasteiger partial charge in [-0.1, -0.05) is 0 Å². The highest BCUT2D eigenvalue weighted by molar-refractivity contribution is 5.68. The number of aliphatic carboxylic acids is 1. The fourth-order valence-electron chi connectivity index (χ4n) is 1.24. The number of aromatic nitrogens is 2. The van der Waals surface area contributed by atoms with Crippen LogP contribution in [0.1, 0.15) is 19.0 Å². The summed E-state index contributed by atoms with van der Waals surface area (Å²) in [6, 6.07) is 1.47. The molecule has 1 atom stereocenters. The van der Waals surface area contributed by atoms with Gasteiger partial charge >= 0.3 is 5.97 Å². The summed E-state index contributed by atoms with van der Waals surface area (Å²) in [4.78, 5) is 18.7. The first kappa shape index (κ1) is 12.2. The number of methoxy groups -OCH3 is 1. The predicted octanol–water partition coefficient (Wildman–Crippen LogP) is 1.07. The number of aryl methyl sites for hydroxylation is 1. The number of carboxylic acids is 1. The Kier molecular flexibility index (Phi) is 4.04. The van der Waals surface area contributed by atoms with Crippen LogP contribution in [0.25, 0.3) is 0 Å². The van der Waals surface area contributed by atoms with Crippen LogP contribution >= 0.6 is 0 Å². The molecule has 0 fully saturated rings.